The Labute approximate surface area is 97.0 Å². The molecule has 1 heterocycles. The molecule has 2 atom stereocenters. The monoisotopic (exact) mass is 217 g/mol. The van der Waals surface area contributed by atoms with Gasteiger partial charge in [-0.25, -0.2) is 0 Å². The SMILES string of the molecule is CNC(C1CC1)C1COc2ccccc2C1. The molecule has 1 aliphatic heterocycles. The van der Waals surface area contributed by atoms with Gasteiger partial charge in [-0.1, -0.05) is 18.2 Å². The number of para-hydroxylation sites is 1. The molecule has 0 radical (unpaired) electrons. The first-order chi connectivity index (χ1) is 7.88. The number of ether oxygens (including phenoxy) is 1. The summed E-state index contributed by atoms with van der Waals surface area (Å²) in [5.74, 6) is 2.63. The highest BCUT2D eigenvalue weighted by atomic mass is 16.5. The molecular weight excluding hydrogens is 198 g/mol. The highest BCUT2D eigenvalue weighted by molar-refractivity contribution is 5.35. The molecule has 2 nitrogen and oxygen atoms in total. The molecule has 2 aliphatic rings. The number of benzene rings is 1. The summed E-state index contributed by atoms with van der Waals surface area (Å²) in [4.78, 5) is 0. The molecule has 2 unspecified atom stereocenters. The molecule has 1 saturated carbocycles. The first-order valence-electron chi connectivity index (χ1n) is 6.26. The highest BCUT2D eigenvalue weighted by Gasteiger charge is 2.37. The van der Waals surface area contributed by atoms with Gasteiger partial charge in [0.1, 0.15) is 5.75 Å². The quantitative estimate of drug-likeness (QED) is 0.838. The lowest BCUT2D eigenvalue weighted by Crippen LogP contribution is -2.41. The Bertz CT molecular complexity index is 373. The van der Waals surface area contributed by atoms with Gasteiger partial charge in [0.25, 0.3) is 0 Å². The standard InChI is InChI=1S/C14H19NO/c1-15-14(10-6-7-10)12-8-11-4-2-3-5-13(11)16-9-12/h2-5,10,12,14-15H,6-9H2,1H3. The zero-order valence-electron chi connectivity index (χ0n) is 9.78. The van der Waals surface area contributed by atoms with Crippen LogP contribution in [0.2, 0.25) is 0 Å². The fraction of sp³-hybridized carbons (Fsp3) is 0.571. The van der Waals surface area contributed by atoms with Crippen LogP contribution >= 0.6 is 0 Å². The second kappa shape index (κ2) is 4.10. The van der Waals surface area contributed by atoms with Crippen molar-refractivity contribution in [2.24, 2.45) is 11.8 Å². The van der Waals surface area contributed by atoms with Gasteiger partial charge in [-0.05, 0) is 43.9 Å². The molecule has 1 fully saturated rings. The van der Waals surface area contributed by atoms with E-state index in [1.54, 1.807) is 0 Å². The summed E-state index contributed by atoms with van der Waals surface area (Å²) in [5.41, 5.74) is 1.37. The second-order valence-corrected chi connectivity index (χ2v) is 5.03. The van der Waals surface area contributed by atoms with Gasteiger partial charge in [0.15, 0.2) is 0 Å². The average Bonchev–Trinajstić information content (AvgIpc) is 3.14. The predicted octanol–water partition coefficient (Wildman–Crippen LogP) is 2.24. The van der Waals surface area contributed by atoms with Gasteiger partial charge in [-0.15, -0.1) is 0 Å². The number of hydrogen-bond acceptors (Lipinski definition) is 2. The number of fused-ring (bicyclic) bond motifs is 1. The van der Waals surface area contributed by atoms with Crippen molar-refractivity contribution in [3.8, 4) is 5.75 Å². The first kappa shape index (κ1) is 10.2. The lowest BCUT2D eigenvalue weighted by atomic mass is 9.88. The van der Waals surface area contributed by atoms with E-state index in [1.807, 2.05) is 0 Å². The molecule has 0 spiro atoms. The Morgan fingerprint density at radius 3 is 2.81 bits per heavy atom. The van der Waals surface area contributed by atoms with Crippen LogP contribution < -0.4 is 10.1 Å². The fourth-order valence-electron chi connectivity index (χ4n) is 2.89. The molecular formula is C14H19NO. The van der Waals surface area contributed by atoms with Gasteiger partial charge >= 0.3 is 0 Å². The summed E-state index contributed by atoms with van der Waals surface area (Å²) in [5, 5.41) is 3.48. The fourth-order valence-corrected chi connectivity index (χ4v) is 2.89. The zero-order chi connectivity index (χ0) is 11.0. The van der Waals surface area contributed by atoms with Gasteiger partial charge in [0, 0.05) is 12.0 Å². The smallest absolute Gasteiger partial charge is 0.122 e. The Morgan fingerprint density at radius 2 is 2.06 bits per heavy atom. The summed E-state index contributed by atoms with van der Waals surface area (Å²) in [7, 11) is 2.09. The molecule has 2 heteroatoms. The minimum absolute atomic E-state index is 0.646. The van der Waals surface area contributed by atoms with E-state index in [1.165, 1.54) is 18.4 Å². The van der Waals surface area contributed by atoms with Crippen LogP contribution in [0.1, 0.15) is 18.4 Å². The van der Waals surface area contributed by atoms with Crippen molar-refractivity contribution in [1.29, 1.82) is 0 Å². The van der Waals surface area contributed by atoms with Crippen molar-refractivity contribution < 1.29 is 4.74 Å². The van der Waals surface area contributed by atoms with Crippen molar-refractivity contribution >= 4 is 0 Å². The van der Waals surface area contributed by atoms with Crippen molar-refractivity contribution in [3.05, 3.63) is 29.8 Å². The Morgan fingerprint density at radius 1 is 1.25 bits per heavy atom. The number of rotatable bonds is 3. The lowest BCUT2D eigenvalue weighted by molar-refractivity contribution is 0.178. The van der Waals surface area contributed by atoms with E-state index in [0.29, 0.717) is 12.0 Å². The molecule has 0 amide bonds. The molecule has 0 aromatic heterocycles. The maximum Gasteiger partial charge on any atom is 0.122 e. The summed E-state index contributed by atoms with van der Waals surface area (Å²) in [6.07, 6.45) is 3.95. The van der Waals surface area contributed by atoms with Crippen LogP contribution in [-0.2, 0) is 6.42 Å². The summed E-state index contributed by atoms with van der Waals surface area (Å²) < 4.78 is 5.86. The molecule has 0 saturated heterocycles. The van der Waals surface area contributed by atoms with Crippen LogP contribution in [0.4, 0.5) is 0 Å². The van der Waals surface area contributed by atoms with E-state index in [-0.39, 0.29) is 0 Å². The normalized spacial score (nSPS) is 25.7. The van der Waals surface area contributed by atoms with E-state index in [2.05, 4.69) is 36.6 Å². The molecule has 1 N–H and O–H groups in total. The van der Waals surface area contributed by atoms with Crippen LogP contribution in [-0.4, -0.2) is 19.7 Å². The Balaban J connectivity index is 1.76. The molecule has 3 rings (SSSR count). The third-order valence-corrected chi connectivity index (χ3v) is 3.88. The zero-order valence-corrected chi connectivity index (χ0v) is 9.78. The predicted molar refractivity (Wildman–Crippen MR) is 64.7 cm³/mol. The van der Waals surface area contributed by atoms with Crippen molar-refractivity contribution in [3.63, 3.8) is 0 Å². The Kier molecular flexibility index (Phi) is 2.60. The highest BCUT2D eigenvalue weighted by Crippen LogP contribution is 2.39. The van der Waals surface area contributed by atoms with Gasteiger partial charge in [0.2, 0.25) is 0 Å². The van der Waals surface area contributed by atoms with Crippen LogP contribution in [0, 0.1) is 11.8 Å². The second-order valence-electron chi connectivity index (χ2n) is 5.03. The van der Waals surface area contributed by atoms with Crippen molar-refractivity contribution in [2.45, 2.75) is 25.3 Å². The minimum Gasteiger partial charge on any atom is -0.493 e. The summed E-state index contributed by atoms with van der Waals surface area (Å²) >= 11 is 0. The summed E-state index contributed by atoms with van der Waals surface area (Å²) in [6.45, 7) is 0.874. The molecule has 0 bridgehead atoms. The van der Waals surface area contributed by atoms with Crippen molar-refractivity contribution in [1.82, 2.24) is 5.32 Å². The van der Waals surface area contributed by atoms with E-state index in [4.69, 9.17) is 4.74 Å². The number of nitrogens with one attached hydrogen (secondary N) is 1. The van der Waals surface area contributed by atoms with E-state index >= 15 is 0 Å². The van der Waals surface area contributed by atoms with Crippen LogP contribution in [0.3, 0.4) is 0 Å². The maximum atomic E-state index is 5.86. The lowest BCUT2D eigenvalue weighted by Gasteiger charge is -2.31. The van der Waals surface area contributed by atoms with Crippen molar-refractivity contribution in [2.75, 3.05) is 13.7 Å². The van der Waals surface area contributed by atoms with E-state index in [0.717, 1.165) is 24.7 Å². The van der Waals surface area contributed by atoms with Crippen LogP contribution in [0.15, 0.2) is 24.3 Å². The molecule has 16 heavy (non-hydrogen) atoms. The number of hydrogen-bond donors (Lipinski definition) is 1. The minimum atomic E-state index is 0.646. The van der Waals surface area contributed by atoms with E-state index < -0.39 is 0 Å². The third kappa shape index (κ3) is 1.82. The largest absolute Gasteiger partial charge is 0.493 e. The Hall–Kier alpha value is -1.02. The molecule has 1 aliphatic carbocycles. The van der Waals surface area contributed by atoms with Gasteiger partial charge in [-0.2, -0.15) is 0 Å². The third-order valence-electron chi connectivity index (χ3n) is 3.88. The van der Waals surface area contributed by atoms with Gasteiger partial charge < -0.3 is 10.1 Å². The van der Waals surface area contributed by atoms with E-state index in [9.17, 15) is 0 Å². The maximum absolute atomic E-state index is 5.86. The van der Waals surface area contributed by atoms with Crippen LogP contribution in [0.25, 0.3) is 0 Å². The molecule has 1 aromatic rings. The van der Waals surface area contributed by atoms with Gasteiger partial charge in [0.05, 0.1) is 6.61 Å². The van der Waals surface area contributed by atoms with Gasteiger partial charge in [-0.3, -0.25) is 0 Å². The van der Waals surface area contributed by atoms with Crippen LogP contribution in [0.5, 0.6) is 5.75 Å². The molecule has 86 valence electrons. The first-order valence-corrected chi connectivity index (χ1v) is 6.26. The molecule has 1 aromatic carbocycles. The summed E-state index contributed by atoms with van der Waals surface area (Å²) in [6, 6.07) is 9.08. The average molecular weight is 217 g/mol. The topological polar surface area (TPSA) is 21.3 Å².